The van der Waals surface area contributed by atoms with Crippen LogP contribution in [-0.4, -0.2) is 25.1 Å². The maximum atomic E-state index is 12.3. The van der Waals surface area contributed by atoms with E-state index in [0.717, 1.165) is 27.0 Å². The number of rotatable bonds is 7. The number of carbonyl (C=O) groups excluding carboxylic acids is 1. The van der Waals surface area contributed by atoms with Crippen LogP contribution in [0.15, 0.2) is 52.3 Å². The minimum atomic E-state index is -0.0655. The number of methoxy groups -OCH3 is 2. The van der Waals surface area contributed by atoms with Crippen molar-refractivity contribution < 1.29 is 14.3 Å². The Labute approximate surface area is 170 Å². The van der Waals surface area contributed by atoms with E-state index in [2.05, 4.69) is 26.2 Å². The number of anilines is 1. The molecule has 0 aliphatic heterocycles. The number of nitrogens with one attached hydrogen (secondary N) is 1. The monoisotopic (exact) mass is 446 g/mol. The van der Waals surface area contributed by atoms with Gasteiger partial charge in [0.05, 0.1) is 19.9 Å². The molecule has 0 atom stereocenters. The first-order valence-electron chi connectivity index (χ1n) is 8.32. The lowest BCUT2D eigenvalue weighted by Crippen LogP contribution is -2.12. The van der Waals surface area contributed by atoms with Crippen LogP contribution in [0.5, 0.6) is 11.5 Å². The molecule has 0 spiro atoms. The van der Waals surface area contributed by atoms with Gasteiger partial charge in [-0.2, -0.15) is 0 Å². The van der Waals surface area contributed by atoms with E-state index >= 15 is 0 Å². The third kappa shape index (κ3) is 4.87. The Kier molecular flexibility index (Phi) is 6.47. The number of hydrogen-bond donors (Lipinski definition) is 1. The van der Waals surface area contributed by atoms with Crippen molar-refractivity contribution >= 4 is 38.3 Å². The van der Waals surface area contributed by atoms with Crippen molar-refractivity contribution in [3.63, 3.8) is 0 Å². The van der Waals surface area contributed by atoms with Gasteiger partial charge in [0.1, 0.15) is 11.5 Å². The number of ether oxygens (including phenoxy) is 2. The average Bonchev–Trinajstić information content (AvgIpc) is 3.15. The molecule has 0 radical (unpaired) electrons. The molecular formula is C20H19BrN2O3S. The number of aromatic nitrogens is 1. The maximum absolute atomic E-state index is 12.3. The van der Waals surface area contributed by atoms with Crippen molar-refractivity contribution in [3.8, 4) is 22.8 Å². The molecule has 0 fully saturated rings. The van der Waals surface area contributed by atoms with Crippen LogP contribution in [0.1, 0.15) is 12.0 Å². The molecular weight excluding hydrogens is 428 g/mol. The van der Waals surface area contributed by atoms with Crippen molar-refractivity contribution in [2.45, 2.75) is 12.8 Å². The first-order chi connectivity index (χ1) is 13.1. The molecule has 1 heterocycles. The van der Waals surface area contributed by atoms with E-state index < -0.39 is 0 Å². The van der Waals surface area contributed by atoms with Gasteiger partial charge in [-0.3, -0.25) is 4.79 Å². The molecule has 5 nitrogen and oxygen atoms in total. The highest BCUT2D eigenvalue weighted by Crippen LogP contribution is 2.35. The molecule has 27 heavy (non-hydrogen) atoms. The smallest absolute Gasteiger partial charge is 0.226 e. The van der Waals surface area contributed by atoms with Crippen molar-refractivity contribution in [1.82, 2.24) is 4.98 Å². The second-order valence-corrected chi connectivity index (χ2v) is 7.46. The third-order valence-corrected chi connectivity index (χ3v) is 5.54. The van der Waals surface area contributed by atoms with Gasteiger partial charge in [-0.05, 0) is 36.2 Å². The molecule has 1 aromatic heterocycles. The Morgan fingerprint density at radius 3 is 2.74 bits per heavy atom. The summed E-state index contributed by atoms with van der Waals surface area (Å²) in [6.07, 6.45) is 1.05. The number of carbonyl (C=O) groups is 1. The summed E-state index contributed by atoms with van der Waals surface area (Å²) in [6, 6.07) is 13.4. The van der Waals surface area contributed by atoms with E-state index in [0.29, 0.717) is 23.7 Å². The highest BCUT2D eigenvalue weighted by atomic mass is 79.9. The molecule has 140 valence electrons. The van der Waals surface area contributed by atoms with Gasteiger partial charge >= 0.3 is 0 Å². The fourth-order valence-corrected chi connectivity index (χ4v) is 3.81. The Morgan fingerprint density at radius 2 is 2.00 bits per heavy atom. The number of nitrogens with zero attached hydrogens (tertiary/aromatic N) is 1. The number of halogens is 1. The van der Waals surface area contributed by atoms with Crippen LogP contribution < -0.4 is 14.8 Å². The Morgan fingerprint density at radius 1 is 1.19 bits per heavy atom. The fraction of sp³-hybridized carbons (Fsp3) is 0.200. The quantitative estimate of drug-likeness (QED) is 0.544. The summed E-state index contributed by atoms with van der Waals surface area (Å²) < 4.78 is 11.7. The Bertz CT molecular complexity index is 942. The normalized spacial score (nSPS) is 10.5. The van der Waals surface area contributed by atoms with Gasteiger partial charge in [0.2, 0.25) is 5.91 Å². The van der Waals surface area contributed by atoms with Crippen LogP contribution in [0, 0.1) is 0 Å². The molecule has 0 aliphatic rings. The Balaban J connectivity index is 1.67. The second-order valence-electron chi connectivity index (χ2n) is 5.74. The Hall–Kier alpha value is -2.38. The van der Waals surface area contributed by atoms with Gasteiger partial charge in [-0.15, -0.1) is 11.3 Å². The molecule has 1 amide bonds. The second kappa shape index (κ2) is 9.01. The lowest BCUT2D eigenvalue weighted by atomic mass is 10.1. The van der Waals surface area contributed by atoms with E-state index in [1.165, 1.54) is 11.3 Å². The number of thiazole rings is 1. The predicted molar refractivity (Wildman–Crippen MR) is 112 cm³/mol. The van der Waals surface area contributed by atoms with Crippen LogP contribution in [0.2, 0.25) is 0 Å². The van der Waals surface area contributed by atoms with E-state index in [1.807, 2.05) is 47.8 Å². The highest BCUT2D eigenvalue weighted by Gasteiger charge is 2.13. The largest absolute Gasteiger partial charge is 0.497 e. The molecule has 1 N–H and O–H groups in total. The standard InChI is InChI=1S/C20H19BrN2O3S/c1-25-14-8-9-18(26-2)15(11-14)17-12-27-20(22-17)23-19(24)10-7-13-5-3-4-6-16(13)21/h3-6,8-9,11-12H,7,10H2,1-2H3,(H,22,23,24). The molecule has 3 aromatic rings. The summed E-state index contributed by atoms with van der Waals surface area (Å²) in [4.78, 5) is 16.8. The minimum Gasteiger partial charge on any atom is -0.497 e. The number of aryl methyl sites for hydroxylation is 1. The van der Waals surface area contributed by atoms with Crippen LogP contribution in [0.4, 0.5) is 5.13 Å². The van der Waals surface area contributed by atoms with Gasteiger partial charge in [0.25, 0.3) is 0 Å². The van der Waals surface area contributed by atoms with Gasteiger partial charge in [0, 0.05) is 21.8 Å². The van der Waals surface area contributed by atoms with E-state index in [1.54, 1.807) is 14.2 Å². The zero-order valence-electron chi connectivity index (χ0n) is 15.0. The fourth-order valence-electron chi connectivity index (χ4n) is 2.60. The van der Waals surface area contributed by atoms with Crippen molar-refractivity contribution in [2.75, 3.05) is 19.5 Å². The molecule has 0 aliphatic carbocycles. The van der Waals surface area contributed by atoms with Gasteiger partial charge < -0.3 is 14.8 Å². The summed E-state index contributed by atoms with van der Waals surface area (Å²) in [5.41, 5.74) is 2.66. The van der Waals surface area contributed by atoms with Gasteiger partial charge in [-0.1, -0.05) is 34.1 Å². The zero-order valence-corrected chi connectivity index (χ0v) is 17.4. The van der Waals surface area contributed by atoms with Gasteiger partial charge in [0.15, 0.2) is 5.13 Å². The first-order valence-corrected chi connectivity index (χ1v) is 9.99. The van der Waals surface area contributed by atoms with E-state index in [9.17, 15) is 4.79 Å². The molecule has 7 heteroatoms. The van der Waals surface area contributed by atoms with E-state index in [4.69, 9.17) is 9.47 Å². The van der Waals surface area contributed by atoms with Crippen molar-refractivity contribution in [2.24, 2.45) is 0 Å². The number of hydrogen-bond acceptors (Lipinski definition) is 5. The molecule has 0 bridgehead atoms. The summed E-state index contributed by atoms with van der Waals surface area (Å²) in [6.45, 7) is 0. The van der Waals surface area contributed by atoms with Crippen LogP contribution >= 0.6 is 27.3 Å². The van der Waals surface area contributed by atoms with Crippen molar-refractivity contribution in [3.05, 3.63) is 57.9 Å². The topological polar surface area (TPSA) is 60.5 Å². The van der Waals surface area contributed by atoms with Crippen LogP contribution in [0.3, 0.4) is 0 Å². The third-order valence-electron chi connectivity index (χ3n) is 4.01. The average molecular weight is 447 g/mol. The lowest BCUT2D eigenvalue weighted by Gasteiger charge is -2.08. The molecule has 0 unspecified atom stereocenters. The molecule has 0 saturated carbocycles. The molecule has 0 saturated heterocycles. The van der Waals surface area contributed by atoms with Crippen LogP contribution in [0.25, 0.3) is 11.3 Å². The molecule has 3 rings (SSSR count). The minimum absolute atomic E-state index is 0.0655. The lowest BCUT2D eigenvalue weighted by molar-refractivity contribution is -0.116. The highest BCUT2D eigenvalue weighted by molar-refractivity contribution is 9.10. The SMILES string of the molecule is COc1ccc(OC)c(-c2csc(NC(=O)CCc3ccccc3Br)n2)c1. The summed E-state index contributed by atoms with van der Waals surface area (Å²) in [5.74, 6) is 1.36. The molecule has 2 aromatic carbocycles. The number of benzene rings is 2. The van der Waals surface area contributed by atoms with Crippen LogP contribution in [-0.2, 0) is 11.2 Å². The zero-order chi connectivity index (χ0) is 19.2. The predicted octanol–water partition coefficient (Wildman–Crippen LogP) is 5.16. The summed E-state index contributed by atoms with van der Waals surface area (Å²) >= 11 is 4.89. The van der Waals surface area contributed by atoms with Crippen molar-refractivity contribution in [1.29, 1.82) is 0 Å². The maximum Gasteiger partial charge on any atom is 0.226 e. The van der Waals surface area contributed by atoms with Gasteiger partial charge in [-0.25, -0.2) is 4.98 Å². The van der Waals surface area contributed by atoms with E-state index in [-0.39, 0.29) is 5.91 Å². The number of amides is 1. The first kappa shape index (κ1) is 19.4. The summed E-state index contributed by atoms with van der Waals surface area (Å²) in [7, 11) is 3.23. The summed E-state index contributed by atoms with van der Waals surface area (Å²) in [5, 5.41) is 5.32.